The fraction of sp³-hybridized carbons (Fsp3) is 0.500. The molecule has 18 heavy (non-hydrogen) atoms. The summed E-state index contributed by atoms with van der Waals surface area (Å²) in [5.41, 5.74) is 2.25. The lowest BCUT2D eigenvalue weighted by Gasteiger charge is -2.23. The van der Waals surface area contributed by atoms with Gasteiger partial charge in [0, 0.05) is 19.6 Å². The van der Waals surface area contributed by atoms with Crippen molar-refractivity contribution in [2.45, 2.75) is 25.8 Å². The fourth-order valence-corrected chi connectivity index (χ4v) is 2.56. The number of rotatable bonds is 2. The zero-order valence-corrected chi connectivity index (χ0v) is 11.1. The van der Waals surface area contributed by atoms with E-state index in [1.165, 1.54) is 5.56 Å². The van der Waals surface area contributed by atoms with E-state index < -0.39 is 0 Å². The van der Waals surface area contributed by atoms with Crippen LogP contribution in [0.2, 0.25) is 0 Å². The summed E-state index contributed by atoms with van der Waals surface area (Å²) in [5.74, 6) is 0. The summed E-state index contributed by atoms with van der Waals surface area (Å²) < 4.78 is 0. The Balaban J connectivity index is 2.37. The van der Waals surface area contributed by atoms with E-state index in [1.807, 2.05) is 23.1 Å². The molecule has 2 rings (SSSR count). The SMILES string of the molecule is CCNC1CCCN(C(=O)NC)c2ccccc21. The van der Waals surface area contributed by atoms with E-state index >= 15 is 0 Å². The van der Waals surface area contributed by atoms with Crippen LogP contribution < -0.4 is 15.5 Å². The van der Waals surface area contributed by atoms with Gasteiger partial charge in [-0.2, -0.15) is 0 Å². The number of amides is 2. The quantitative estimate of drug-likeness (QED) is 0.842. The van der Waals surface area contributed by atoms with Gasteiger partial charge >= 0.3 is 6.03 Å². The molecule has 1 aromatic rings. The zero-order chi connectivity index (χ0) is 13.0. The highest BCUT2D eigenvalue weighted by Crippen LogP contribution is 2.32. The van der Waals surface area contributed by atoms with Crippen molar-refractivity contribution in [2.75, 3.05) is 25.0 Å². The van der Waals surface area contributed by atoms with Crippen molar-refractivity contribution in [2.24, 2.45) is 0 Å². The predicted molar refractivity (Wildman–Crippen MR) is 73.9 cm³/mol. The lowest BCUT2D eigenvalue weighted by molar-refractivity contribution is 0.248. The Hall–Kier alpha value is -1.55. The minimum absolute atomic E-state index is 0.0281. The first-order valence-electron chi connectivity index (χ1n) is 6.59. The molecule has 2 N–H and O–H groups in total. The van der Waals surface area contributed by atoms with Gasteiger partial charge in [0.25, 0.3) is 0 Å². The number of para-hydroxylation sites is 1. The van der Waals surface area contributed by atoms with Crippen molar-refractivity contribution in [3.05, 3.63) is 29.8 Å². The maximum absolute atomic E-state index is 11.9. The van der Waals surface area contributed by atoms with Crippen molar-refractivity contribution in [1.29, 1.82) is 0 Å². The van der Waals surface area contributed by atoms with Crippen LogP contribution in [0.1, 0.15) is 31.4 Å². The molecule has 0 radical (unpaired) electrons. The van der Waals surface area contributed by atoms with Gasteiger partial charge < -0.3 is 10.6 Å². The number of benzene rings is 1. The summed E-state index contributed by atoms with van der Waals surface area (Å²) in [4.78, 5) is 13.8. The number of carbonyl (C=O) groups excluding carboxylic acids is 1. The lowest BCUT2D eigenvalue weighted by atomic mass is 10.0. The Bertz CT molecular complexity index is 419. The standard InChI is InChI=1S/C14H21N3O/c1-3-16-12-8-6-10-17(14(18)15-2)13-9-5-4-7-11(12)13/h4-5,7,9,12,16H,3,6,8,10H2,1-2H3,(H,15,18). The predicted octanol–water partition coefficient (Wildman–Crippen LogP) is 2.28. The molecule has 1 aliphatic heterocycles. The van der Waals surface area contributed by atoms with Crippen molar-refractivity contribution in [1.82, 2.24) is 10.6 Å². The molecule has 1 unspecified atom stereocenters. The van der Waals surface area contributed by atoms with Gasteiger partial charge in [-0.15, -0.1) is 0 Å². The van der Waals surface area contributed by atoms with Crippen molar-refractivity contribution < 1.29 is 4.79 Å². The summed E-state index contributed by atoms with van der Waals surface area (Å²) in [7, 11) is 1.68. The highest BCUT2D eigenvalue weighted by molar-refractivity contribution is 5.92. The van der Waals surface area contributed by atoms with E-state index in [9.17, 15) is 4.79 Å². The molecular formula is C14H21N3O. The molecule has 98 valence electrons. The molecule has 2 amide bonds. The number of nitrogens with zero attached hydrogens (tertiary/aromatic N) is 1. The number of hydrogen-bond acceptors (Lipinski definition) is 2. The van der Waals surface area contributed by atoms with Crippen LogP contribution in [-0.4, -0.2) is 26.2 Å². The van der Waals surface area contributed by atoms with Gasteiger partial charge in [0.2, 0.25) is 0 Å². The van der Waals surface area contributed by atoms with Crippen LogP contribution in [0.5, 0.6) is 0 Å². The molecule has 0 aliphatic carbocycles. The number of urea groups is 1. The smallest absolute Gasteiger partial charge is 0.321 e. The summed E-state index contributed by atoms with van der Waals surface area (Å²) >= 11 is 0. The van der Waals surface area contributed by atoms with Gasteiger partial charge in [-0.05, 0) is 31.0 Å². The lowest BCUT2D eigenvalue weighted by Crippen LogP contribution is -2.38. The van der Waals surface area contributed by atoms with Crippen molar-refractivity contribution in [3.8, 4) is 0 Å². The van der Waals surface area contributed by atoms with E-state index in [0.717, 1.165) is 31.6 Å². The molecule has 0 saturated heterocycles. The number of hydrogen-bond donors (Lipinski definition) is 2. The summed E-state index contributed by atoms with van der Waals surface area (Å²) in [6.45, 7) is 3.83. The van der Waals surface area contributed by atoms with Crippen LogP contribution in [0.25, 0.3) is 0 Å². The Morgan fingerprint density at radius 2 is 2.22 bits per heavy atom. The van der Waals surface area contributed by atoms with Gasteiger partial charge in [-0.25, -0.2) is 4.79 Å². The topological polar surface area (TPSA) is 44.4 Å². The van der Waals surface area contributed by atoms with E-state index in [-0.39, 0.29) is 6.03 Å². The summed E-state index contributed by atoms with van der Waals surface area (Å²) in [6, 6.07) is 8.49. The third-order valence-electron chi connectivity index (χ3n) is 3.39. The van der Waals surface area contributed by atoms with Gasteiger partial charge in [0.1, 0.15) is 0 Å². The molecule has 0 aromatic heterocycles. The average molecular weight is 247 g/mol. The molecule has 4 heteroatoms. The maximum Gasteiger partial charge on any atom is 0.321 e. The number of carbonyl (C=O) groups is 1. The Morgan fingerprint density at radius 3 is 2.94 bits per heavy atom. The third-order valence-corrected chi connectivity index (χ3v) is 3.39. The van der Waals surface area contributed by atoms with Crippen LogP contribution in [0, 0.1) is 0 Å². The van der Waals surface area contributed by atoms with Crippen LogP contribution in [-0.2, 0) is 0 Å². The summed E-state index contributed by atoms with van der Waals surface area (Å²) in [6.07, 6.45) is 2.08. The Labute approximate surface area is 108 Å². The summed E-state index contributed by atoms with van der Waals surface area (Å²) in [5, 5.41) is 6.22. The van der Waals surface area contributed by atoms with Gasteiger partial charge in [0.15, 0.2) is 0 Å². The molecule has 1 aliphatic rings. The minimum atomic E-state index is -0.0281. The number of fused-ring (bicyclic) bond motifs is 1. The van der Waals surface area contributed by atoms with Gasteiger partial charge in [-0.1, -0.05) is 25.1 Å². The highest BCUT2D eigenvalue weighted by atomic mass is 16.2. The van der Waals surface area contributed by atoms with E-state index in [4.69, 9.17) is 0 Å². The second-order valence-corrected chi connectivity index (χ2v) is 4.52. The van der Waals surface area contributed by atoms with Crippen molar-refractivity contribution >= 4 is 11.7 Å². The molecule has 0 bridgehead atoms. The normalized spacial score (nSPS) is 19.0. The first kappa shape index (κ1) is 12.9. The van der Waals surface area contributed by atoms with E-state index in [2.05, 4.69) is 23.6 Å². The molecule has 1 atom stereocenters. The van der Waals surface area contributed by atoms with Crippen LogP contribution in [0.3, 0.4) is 0 Å². The van der Waals surface area contributed by atoms with Crippen LogP contribution in [0.4, 0.5) is 10.5 Å². The van der Waals surface area contributed by atoms with Gasteiger partial charge in [0.05, 0.1) is 5.69 Å². The van der Waals surface area contributed by atoms with Crippen molar-refractivity contribution in [3.63, 3.8) is 0 Å². The molecule has 1 aromatic carbocycles. The maximum atomic E-state index is 11.9. The third kappa shape index (κ3) is 2.48. The Kier molecular flexibility index (Phi) is 4.20. The first-order chi connectivity index (χ1) is 8.77. The number of nitrogens with one attached hydrogen (secondary N) is 2. The molecule has 4 nitrogen and oxygen atoms in total. The number of anilines is 1. The fourth-order valence-electron chi connectivity index (χ4n) is 2.56. The largest absolute Gasteiger partial charge is 0.341 e. The molecule has 1 heterocycles. The second-order valence-electron chi connectivity index (χ2n) is 4.52. The van der Waals surface area contributed by atoms with E-state index in [1.54, 1.807) is 7.05 Å². The molecule has 0 spiro atoms. The molecular weight excluding hydrogens is 226 g/mol. The van der Waals surface area contributed by atoms with Gasteiger partial charge in [-0.3, -0.25) is 4.90 Å². The molecule has 0 fully saturated rings. The first-order valence-corrected chi connectivity index (χ1v) is 6.59. The van der Waals surface area contributed by atoms with E-state index in [0.29, 0.717) is 6.04 Å². The zero-order valence-electron chi connectivity index (χ0n) is 11.1. The average Bonchev–Trinajstić information content (AvgIpc) is 2.59. The van der Waals surface area contributed by atoms with Crippen LogP contribution in [0.15, 0.2) is 24.3 Å². The minimum Gasteiger partial charge on any atom is -0.341 e. The monoisotopic (exact) mass is 247 g/mol. The highest BCUT2D eigenvalue weighted by Gasteiger charge is 2.24. The second kappa shape index (κ2) is 5.87. The van der Waals surface area contributed by atoms with Crippen LogP contribution >= 0.6 is 0 Å². The molecule has 0 saturated carbocycles. The Morgan fingerprint density at radius 1 is 1.44 bits per heavy atom.